The minimum absolute atomic E-state index is 0.0995. The average Bonchev–Trinajstić information content (AvgIpc) is 3.14. The molecule has 4 rings (SSSR count). The third-order valence-electron chi connectivity index (χ3n) is 5.29. The highest BCUT2D eigenvalue weighted by molar-refractivity contribution is 7.89. The molecule has 0 radical (unpaired) electrons. The van der Waals surface area contributed by atoms with Crippen molar-refractivity contribution < 1.29 is 8.42 Å². The highest BCUT2D eigenvalue weighted by Gasteiger charge is 2.25. The van der Waals surface area contributed by atoms with Crippen LogP contribution in [0.3, 0.4) is 0 Å². The summed E-state index contributed by atoms with van der Waals surface area (Å²) < 4.78 is 30.1. The number of aromatic nitrogens is 1. The summed E-state index contributed by atoms with van der Waals surface area (Å²) >= 11 is 1.06. The topological polar surface area (TPSA) is 71.4 Å². The summed E-state index contributed by atoms with van der Waals surface area (Å²) in [4.78, 5) is 14.2. The first-order valence-electron chi connectivity index (χ1n) is 9.30. The van der Waals surface area contributed by atoms with Crippen LogP contribution in [0.25, 0.3) is 10.2 Å². The first-order chi connectivity index (χ1) is 13.4. The second-order valence-electron chi connectivity index (χ2n) is 7.18. The van der Waals surface area contributed by atoms with E-state index in [-0.39, 0.29) is 9.77 Å². The van der Waals surface area contributed by atoms with Gasteiger partial charge in [0, 0.05) is 31.9 Å². The summed E-state index contributed by atoms with van der Waals surface area (Å²) in [6.07, 6.45) is 1.75. The van der Waals surface area contributed by atoms with Crippen molar-refractivity contribution in [2.45, 2.75) is 30.7 Å². The van der Waals surface area contributed by atoms with Gasteiger partial charge in [0.15, 0.2) is 0 Å². The predicted octanol–water partition coefficient (Wildman–Crippen LogP) is 2.72. The Kier molecular flexibility index (Phi) is 5.03. The number of fused-ring (bicyclic) bond motifs is 2. The molecule has 0 saturated carbocycles. The Morgan fingerprint density at radius 1 is 1.21 bits per heavy atom. The molecule has 2 heterocycles. The number of sulfonamides is 1. The van der Waals surface area contributed by atoms with Gasteiger partial charge in [-0.25, -0.2) is 13.1 Å². The number of hydrogen-bond donors (Lipinski definition) is 1. The van der Waals surface area contributed by atoms with E-state index in [2.05, 4.69) is 34.7 Å². The fourth-order valence-corrected chi connectivity index (χ4v) is 5.88. The number of nitrogens with zero attached hydrogens (tertiary/aromatic N) is 2. The van der Waals surface area contributed by atoms with Crippen molar-refractivity contribution in [1.29, 1.82) is 0 Å². The maximum Gasteiger partial charge on any atom is 0.307 e. The van der Waals surface area contributed by atoms with Crippen LogP contribution in [0.2, 0.25) is 0 Å². The summed E-state index contributed by atoms with van der Waals surface area (Å²) in [6, 6.07) is 13.6. The molecule has 1 aliphatic heterocycles. The van der Waals surface area contributed by atoms with E-state index in [1.54, 1.807) is 25.2 Å². The van der Waals surface area contributed by atoms with Gasteiger partial charge in [-0.05, 0) is 49.6 Å². The lowest BCUT2D eigenvalue weighted by atomic mass is 10.1. The summed E-state index contributed by atoms with van der Waals surface area (Å²) in [5.41, 5.74) is 3.35. The van der Waals surface area contributed by atoms with Crippen molar-refractivity contribution in [1.82, 2.24) is 9.29 Å². The maximum atomic E-state index is 12.6. The summed E-state index contributed by atoms with van der Waals surface area (Å²) in [5.74, 6) is 0. The molecule has 1 atom stereocenters. The maximum absolute atomic E-state index is 12.6. The largest absolute Gasteiger partial charge is 0.368 e. The number of benzene rings is 2. The zero-order valence-electron chi connectivity index (χ0n) is 15.9. The van der Waals surface area contributed by atoms with Crippen LogP contribution in [-0.2, 0) is 23.5 Å². The lowest BCUT2D eigenvalue weighted by molar-refractivity contribution is 0.576. The number of hydrogen-bond acceptors (Lipinski definition) is 5. The van der Waals surface area contributed by atoms with Crippen molar-refractivity contribution in [2.75, 3.05) is 18.0 Å². The van der Waals surface area contributed by atoms with Gasteiger partial charge in [0.1, 0.15) is 0 Å². The predicted molar refractivity (Wildman–Crippen MR) is 114 cm³/mol. The smallest absolute Gasteiger partial charge is 0.307 e. The molecular weight excluding hydrogens is 394 g/mol. The van der Waals surface area contributed by atoms with Crippen LogP contribution >= 0.6 is 11.3 Å². The van der Waals surface area contributed by atoms with Gasteiger partial charge < -0.3 is 9.47 Å². The second kappa shape index (κ2) is 7.35. The number of para-hydroxylation sites is 1. The number of thiazole rings is 1. The van der Waals surface area contributed by atoms with Crippen molar-refractivity contribution in [3.63, 3.8) is 0 Å². The zero-order chi connectivity index (χ0) is 19.9. The molecule has 3 aromatic rings. The van der Waals surface area contributed by atoms with E-state index in [1.165, 1.54) is 15.8 Å². The summed E-state index contributed by atoms with van der Waals surface area (Å²) in [6.45, 7) is 3.38. The van der Waals surface area contributed by atoms with E-state index in [4.69, 9.17) is 0 Å². The minimum atomic E-state index is -3.60. The Labute approximate surface area is 168 Å². The van der Waals surface area contributed by atoms with Crippen LogP contribution < -0.4 is 14.5 Å². The quantitative estimate of drug-likeness (QED) is 0.626. The number of aryl methyl sites for hydroxylation is 1. The van der Waals surface area contributed by atoms with E-state index in [0.717, 1.165) is 36.2 Å². The molecule has 0 unspecified atom stereocenters. The Morgan fingerprint density at radius 3 is 2.82 bits per heavy atom. The zero-order valence-corrected chi connectivity index (χ0v) is 17.5. The van der Waals surface area contributed by atoms with Gasteiger partial charge in [0.2, 0.25) is 10.0 Å². The normalized spacial score (nSPS) is 16.6. The second-order valence-corrected chi connectivity index (χ2v) is 9.94. The fourth-order valence-electron chi connectivity index (χ4n) is 3.79. The van der Waals surface area contributed by atoms with Gasteiger partial charge >= 0.3 is 4.87 Å². The van der Waals surface area contributed by atoms with Crippen LogP contribution in [0.4, 0.5) is 5.69 Å². The Balaban J connectivity index is 1.40. The molecule has 0 aliphatic carbocycles. The molecule has 1 aliphatic rings. The van der Waals surface area contributed by atoms with Crippen molar-refractivity contribution in [2.24, 2.45) is 7.05 Å². The molecule has 0 bridgehead atoms. The van der Waals surface area contributed by atoms with Gasteiger partial charge in [-0.2, -0.15) is 0 Å². The molecule has 6 nitrogen and oxygen atoms in total. The van der Waals surface area contributed by atoms with Crippen LogP contribution in [0.5, 0.6) is 0 Å². The highest BCUT2D eigenvalue weighted by Crippen LogP contribution is 2.31. The van der Waals surface area contributed by atoms with Crippen molar-refractivity contribution in [3.05, 3.63) is 57.7 Å². The third-order valence-corrected chi connectivity index (χ3v) is 7.74. The molecule has 0 amide bonds. The van der Waals surface area contributed by atoms with Gasteiger partial charge in [-0.15, -0.1) is 0 Å². The summed E-state index contributed by atoms with van der Waals surface area (Å²) in [7, 11) is -1.91. The fraction of sp³-hybridized carbons (Fsp3) is 0.350. The molecule has 2 aromatic carbocycles. The standard InChI is InChI=1S/C20H23N3O3S2/c1-14-12-15-6-3-4-7-17(15)23(14)11-5-10-21-28(25,26)16-8-9-18-19(13-16)27-20(24)22(18)2/h3-4,6-9,13-14,21H,5,10-12H2,1-2H3/t14-/m1/s1. The molecule has 0 spiro atoms. The Morgan fingerprint density at radius 2 is 2.00 bits per heavy atom. The van der Waals surface area contributed by atoms with Crippen LogP contribution in [0.15, 0.2) is 52.2 Å². The van der Waals surface area contributed by atoms with Gasteiger partial charge in [-0.1, -0.05) is 29.5 Å². The molecule has 1 aromatic heterocycles. The van der Waals surface area contributed by atoms with E-state index in [9.17, 15) is 13.2 Å². The van der Waals surface area contributed by atoms with E-state index >= 15 is 0 Å². The molecule has 148 valence electrons. The monoisotopic (exact) mass is 417 g/mol. The van der Waals surface area contributed by atoms with E-state index < -0.39 is 10.0 Å². The lowest BCUT2D eigenvalue weighted by Gasteiger charge is -2.24. The molecule has 28 heavy (non-hydrogen) atoms. The number of nitrogens with one attached hydrogen (secondary N) is 1. The van der Waals surface area contributed by atoms with Gasteiger partial charge in [0.25, 0.3) is 0 Å². The van der Waals surface area contributed by atoms with Crippen LogP contribution in [0.1, 0.15) is 18.9 Å². The molecule has 0 saturated heterocycles. The van der Waals surface area contributed by atoms with Crippen molar-refractivity contribution >= 4 is 37.3 Å². The summed E-state index contributed by atoms with van der Waals surface area (Å²) in [5, 5.41) is 0. The minimum Gasteiger partial charge on any atom is -0.368 e. The van der Waals surface area contributed by atoms with E-state index in [1.807, 2.05) is 6.07 Å². The SMILES string of the molecule is C[C@@H]1Cc2ccccc2N1CCCNS(=O)(=O)c1ccc2c(c1)sc(=O)n2C. The molecule has 0 fully saturated rings. The lowest BCUT2D eigenvalue weighted by Crippen LogP contribution is -2.33. The van der Waals surface area contributed by atoms with E-state index in [0.29, 0.717) is 17.3 Å². The average molecular weight is 418 g/mol. The molecule has 8 heteroatoms. The molecule has 1 N–H and O–H groups in total. The van der Waals surface area contributed by atoms with Gasteiger partial charge in [-0.3, -0.25) is 4.79 Å². The van der Waals surface area contributed by atoms with Gasteiger partial charge in [0.05, 0.1) is 15.1 Å². The van der Waals surface area contributed by atoms with Crippen LogP contribution in [-0.4, -0.2) is 32.1 Å². The highest BCUT2D eigenvalue weighted by atomic mass is 32.2. The Hall–Kier alpha value is -2.16. The first kappa shape index (κ1) is 19.2. The Bertz CT molecular complexity index is 1180. The van der Waals surface area contributed by atoms with Crippen LogP contribution in [0, 0.1) is 0 Å². The number of rotatable bonds is 6. The van der Waals surface area contributed by atoms with Crippen molar-refractivity contribution in [3.8, 4) is 0 Å². The molecular formula is C20H23N3O3S2. The third kappa shape index (κ3) is 3.47. The number of anilines is 1. The first-order valence-corrected chi connectivity index (χ1v) is 11.6.